The molecular weight excluding hydrogens is 254 g/mol. The first-order valence-corrected chi connectivity index (χ1v) is 7.38. The highest BCUT2D eigenvalue weighted by molar-refractivity contribution is 5.89. The molecule has 2 fully saturated rings. The van der Waals surface area contributed by atoms with E-state index < -0.39 is 0 Å². The summed E-state index contributed by atoms with van der Waals surface area (Å²) in [6, 6.07) is 4.24. The maximum absolute atomic E-state index is 12.4. The third-order valence-corrected chi connectivity index (χ3v) is 6.02. The Hall–Kier alpha value is -1.55. The molecule has 1 saturated carbocycles. The average molecular weight is 271 g/mol. The van der Waals surface area contributed by atoms with E-state index >= 15 is 0 Å². The van der Waals surface area contributed by atoms with Gasteiger partial charge in [0.25, 0.3) is 0 Å². The zero-order chi connectivity index (χ0) is 13.6. The van der Waals surface area contributed by atoms with Crippen LogP contribution in [0.15, 0.2) is 12.1 Å². The van der Waals surface area contributed by atoms with Crippen molar-refractivity contribution in [2.45, 2.75) is 36.8 Å². The normalized spacial score (nSPS) is 40.6. The minimum Gasteiger partial charge on any atom is -0.504 e. The fraction of sp³-hybridized carbons (Fsp3) is 0.562. The summed E-state index contributed by atoms with van der Waals surface area (Å²) in [5.74, 6) is 1.47. The van der Waals surface area contributed by atoms with Crippen LogP contribution in [0.3, 0.4) is 0 Å². The number of Topliss-reactive ketones (excluding diaryl/α,β-unsaturated/α-hetero) is 1. The Morgan fingerprint density at radius 3 is 3.15 bits per heavy atom. The molecular formula is C16H17NO3. The molecule has 2 aliphatic heterocycles. The van der Waals surface area contributed by atoms with E-state index in [4.69, 9.17) is 4.74 Å². The number of benzene rings is 1. The van der Waals surface area contributed by atoms with Crippen molar-refractivity contribution in [2.75, 3.05) is 13.6 Å². The first-order chi connectivity index (χ1) is 9.63. The van der Waals surface area contributed by atoms with Crippen molar-refractivity contribution >= 4 is 5.78 Å². The number of rotatable bonds is 0. The average Bonchev–Trinajstić information content (AvgIpc) is 2.87. The Morgan fingerprint density at radius 1 is 1.45 bits per heavy atom. The summed E-state index contributed by atoms with van der Waals surface area (Å²) in [5.41, 5.74) is 2.21. The van der Waals surface area contributed by atoms with Crippen LogP contribution < -0.4 is 4.74 Å². The SMILES string of the molecule is CN1CC23c4c5ccc(O)c4OC2C(=O)CCC3C1C5. The van der Waals surface area contributed by atoms with E-state index in [1.54, 1.807) is 6.07 Å². The molecule has 20 heavy (non-hydrogen) atoms. The summed E-state index contributed by atoms with van der Waals surface area (Å²) in [7, 11) is 2.16. The lowest BCUT2D eigenvalue weighted by molar-refractivity contribution is -0.131. The predicted octanol–water partition coefficient (Wildman–Crippen LogP) is 1.24. The zero-order valence-corrected chi connectivity index (χ0v) is 11.4. The van der Waals surface area contributed by atoms with E-state index in [9.17, 15) is 9.90 Å². The fourth-order valence-corrected chi connectivity index (χ4v) is 5.36. The highest BCUT2D eigenvalue weighted by Crippen LogP contribution is 2.62. The molecule has 1 spiro atoms. The van der Waals surface area contributed by atoms with Gasteiger partial charge in [0, 0.05) is 24.6 Å². The van der Waals surface area contributed by atoms with Gasteiger partial charge in [-0.2, -0.15) is 0 Å². The van der Waals surface area contributed by atoms with Crippen molar-refractivity contribution in [3.8, 4) is 11.5 Å². The van der Waals surface area contributed by atoms with Crippen LogP contribution in [0.5, 0.6) is 11.5 Å². The van der Waals surface area contributed by atoms with Gasteiger partial charge in [0.05, 0.1) is 5.41 Å². The van der Waals surface area contributed by atoms with E-state index in [0.717, 1.165) is 24.9 Å². The number of ketones is 1. The lowest BCUT2D eigenvalue weighted by Gasteiger charge is -2.43. The van der Waals surface area contributed by atoms with Gasteiger partial charge in [-0.3, -0.25) is 4.79 Å². The summed E-state index contributed by atoms with van der Waals surface area (Å²) in [5, 5.41) is 10.1. The predicted molar refractivity (Wildman–Crippen MR) is 72.1 cm³/mol. The van der Waals surface area contributed by atoms with Crippen LogP contribution in [0.1, 0.15) is 24.0 Å². The van der Waals surface area contributed by atoms with Crippen LogP contribution >= 0.6 is 0 Å². The minimum atomic E-state index is -0.379. The molecule has 4 atom stereocenters. The lowest BCUT2D eigenvalue weighted by atomic mass is 9.57. The summed E-state index contributed by atoms with van der Waals surface area (Å²) in [6.07, 6.45) is 2.21. The highest BCUT2D eigenvalue weighted by Gasteiger charge is 2.67. The van der Waals surface area contributed by atoms with E-state index in [2.05, 4.69) is 11.9 Å². The van der Waals surface area contributed by atoms with Crippen molar-refractivity contribution in [1.82, 2.24) is 4.90 Å². The van der Waals surface area contributed by atoms with E-state index in [1.807, 2.05) is 6.07 Å². The smallest absolute Gasteiger partial charge is 0.174 e. The quantitative estimate of drug-likeness (QED) is 0.771. The van der Waals surface area contributed by atoms with Gasteiger partial charge >= 0.3 is 0 Å². The van der Waals surface area contributed by atoms with Crippen molar-refractivity contribution in [2.24, 2.45) is 5.92 Å². The molecule has 2 aliphatic carbocycles. The van der Waals surface area contributed by atoms with Gasteiger partial charge in [-0.25, -0.2) is 0 Å². The molecule has 4 aliphatic rings. The first-order valence-electron chi connectivity index (χ1n) is 7.38. The van der Waals surface area contributed by atoms with Gasteiger partial charge in [0.15, 0.2) is 23.4 Å². The van der Waals surface area contributed by atoms with Crippen LogP contribution in [0.2, 0.25) is 0 Å². The Morgan fingerprint density at radius 2 is 2.30 bits per heavy atom. The topological polar surface area (TPSA) is 49.8 Å². The van der Waals surface area contributed by atoms with Crippen LogP contribution in [0.4, 0.5) is 0 Å². The molecule has 1 aromatic carbocycles. The number of nitrogens with zero attached hydrogens (tertiary/aromatic N) is 1. The molecule has 4 heteroatoms. The molecule has 2 heterocycles. The monoisotopic (exact) mass is 271 g/mol. The molecule has 1 saturated heterocycles. The van der Waals surface area contributed by atoms with Crippen molar-refractivity contribution in [3.05, 3.63) is 23.3 Å². The highest BCUT2D eigenvalue weighted by atomic mass is 16.5. The molecule has 4 nitrogen and oxygen atoms in total. The largest absolute Gasteiger partial charge is 0.504 e. The summed E-state index contributed by atoms with van der Waals surface area (Å²) in [6.45, 7) is 0.877. The second-order valence-electron chi connectivity index (χ2n) is 6.78. The van der Waals surface area contributed by atoms with Gasteiger partial charge in [0.2, 0.25) is 0 Å². The van der Waals surface area contributed by atoms with E-state index in [1.165, 1.54) is 5.56 Å². The number of aromatic hydroxyl groups is 1. The molecule has 0 aromatic heterocycles. The number of phenolic OH excluding ortho intramolecular Hbond substituents is 1. The zero-order valence-electron chi connectivity index (χ0n) is 11.4. The van der Waals surface area contributed by atoms with Crippen molar-refractivity contribution in [1.29, 1.82) is 0 Å². The molecule has 0 radical (unpaired) electrons. The molecule has 104 valence electrons. The van der Waals surface area contributed by atoms with Crippen molar-refractivity contribution in [3.63, 3.8) is 0 Å². The number of likely N-dealkylation sites (N-methyl/N-ethyl adjacent to an activating group) is 1. The van der Waals surface area contributed by atoms with E-state index in [0.29, 0.717) is 24.1 Å². The van der Waals surface area contributed by atoms with Crippen LogP contribution in [-0.4, -0.2) is 41.5 Å². The fourth-order valence-electron chi connectivity index (χ4n) is 5.36. The lowest BCUT2D eigenvalue weighted by Crippen LogP contribution is -2.55. The first kappa shape index (κ1) is 11.1. The van der Waals surface area contributed by atoms with Crippen LogP contribution in [-0.2, 0) is 16.6 Å². The molecule has 1 N–H and O–H groups in total. The number of likely N-dealkylation sites (tertiary alicyclic amines) is 1. The molecule has 1 aromatic rings. The molecule has 0 amide bonds. The standard InChI is InChI=1S/C16H17NO3/c1-17-7-16-9-3-5-12(19)15(16)20-14-11(18)4-2-8(13(14)16)6-10(9)17/h2,4,9-10,15,18H,3,5-7H2,1H3. The third kappa shape index (κ3) is 0.975. The van der Waals surface area contributed by atoms with Gasteiger partial charge < -0.3 is 14.7 Å². The Labute approximate surface area is 117 Å². The van der Waals surface area contributed by atoms with E-state index in [-0.39, 0.29) is 23.1 Å². The summed E-state index contributed by atoms with van der Waals surface area (Å²) < 4.78 is 5.99. The second kappa shape index (κ2) is 3.19. The number of hydrogen-bond acceptors (Lipinski definition) is 4. The molecule has 2 bridgehead atoms. The van der Waals surface area contributed by atoms with Gasteiger partial charge in [-0.05, 0) is 37.4 Å². The van der Waals surface area contributed by atoms with Gasteiger partial charge in [0.1, 0.15) is 0 Å². The Kier molecular flexibility index (Phi) is 1.78. The maximum Gasteiger partial charge on any atom is 0.174 e. The second-order valence-corrected chi connectivity index (χ2v) is 6.78. The minimum absolute atomic E-state index is 0.187. The van der Waals surface area contributed by atoms with Crippen LogP contribution in [0, 0.1) is 5.92 Å². The number of phenols is 1. The Balaban J connectivity index is 1.86. The summed E-state index contributed by atoms with van der Waals surface area (Å²) in [4.78, 5) is 14.8. The summed E-state index contributed by atoms with van der Waals surface area (Å²) >= 11 is 0. The Bertz CT molecular complexity index is 655. The number of hydrogen-bond donors (Lipinski definition) is 1. The number of carbonyl (C=O) groups is 1. The van der Waals surface area contributed by atoms with Crippen molar-refractivity contribution < 1.29 is 14.6 Å². The maximum atomic E-state index is 12.4. The molecule has 5 rings (SSSR count). The van der Waals surface area contributed by atoms with Gasteiger partial charge in [-0.15, -0.1) is 0 Å². The van der Waals surface area contributed by atoms with Gasteiger partial charge in [-0.1, -0.05) is 6.07 Å². The van der Waals surface area contributed by atoms with Crippen LogP contribution in [0.25, 0.3) is 0 Å². The number of carbonyl (C=O) groups excluding carboxylic acids is 1. The molecule has 4 unspecified atom stereocenters. The number of ether oxygens (including phenoxy) is 1. The third-order valence-electron chi connectivity index (χ3n) is 6.02.